The zero-order valence-electron chi connectivity index (χ0n) is 23.5. The molecule has 4 heterocycles. The lowest BCUT2D eigenvalue weighted by molar-refractivity contribution is -0.122. The van der Waals surface area contributed by atoms with E-state index in [1.54, 1.807) is 5.38 Å². The van der Waals surface area contributed by atoms with E-state index in [1.807, 2.05) is 44.2 Å². The maximum atomic E-state index is 13.3. The molecule has 0 unspecified atom stereocenters. The highest BCUT2D eigenvalue weighted by molar-refractivity contribution is 7.09. The maximum Gasteiger partial charge on any atom is 0.274 e. The molecule has 13 nitrogen and oxygen atoms in total. The molecule has 0 saturated carbocycles. The smallest absolute Gasteiger partial charge is 0.274 e. The van der Waals surface area contributed by atoms with Gasteiger partial charge in [0.25, 0.3) is 17.7 Å². The van der Waals surface area contributed by atoms with E-state index in [0.717, 1.165) is 5.56 Å². The molecule has 0 saturated heterocycles. The highest BCUT2D eigenvalue weighted by Crippen LogP contribution is 2.26. The topological polar surface area (TPSA) is 172 Å². The number of thiazole rings is 1. The second-order valence-electron chi connectivity index (χ2n) is 10.2. The zero-order valence-corrected chi connectivity index (χ0v) is 24.3. The van der Waals surface area contributed by atoms with Crippen LogP contribution < -0.4 is 16.0 Å². The third-order valence-corrected chi connectivity index (χ3v) is 7.64. The van der Waals surface area contributed by atoms with Crippen LogP contribution in [-0.2, 0) is 11.2 Å². The van der Waals surface area contributed by atoms with Crippen molar-refractivity contribution < 1.29 is 23.6 Å². The van der Waals surface area contributed by atoms with Crippen molar-refractivity contribution in [3.05, 3.63) is 94.1 Å². The van der Waals surface area contributed by atoms with Crippen molar-refractivity contribution in [2.45, 2.75) is 32.4 Å². The van der Waals surface area contributed by atoms with Crippen LogP contribution in [0.3, 0.4) is 0 Å². The summed E-state index contributed by atoms with van der Waals surface area (Å²) >= 11 is 1.25. The minimum Gasteiger partial charge on any atom is -0.446 e. The molecular weight excluding hydrogens is 572 g/mol. The summed E-state index contributed by atoms with van der Waals surface area (Å²) in [6.07, 6.45) is 5.71. The van der Waals surface area contributed by atoms with E-state index in [9.17, 15) is 19.2 Å². The third-order valence-electron chi connectivity index (χ3n) is 6.72. The molecule has 1 aliphatic heterocycles. The molecular formula is C29H30N8O5S. The molecule has 43 heavy (non-hydrogen) atoms. The van der Waals surface area contributed by atoms with Gasteiger partial charge in [-0.25, -0.2) is 15.0 Å². The highest BCUT2D eigenvalue weighted by Gasteiger charge is 2.28. The average molecular weight is 603 g/mol. The van der Waals surface area contributed by atoms with Gasteiger partial charge in [-0.3, -0.25) is 24.2 Å². The number of hydrogen-bond donors (Lipinski definition) is 3. The van der Waals surface area contributed by atoms with Crippen molar-refractivity contribution in [1.82, 2.24) is 40.8 Å². The molecule has 14 heteroatoms. The fraction of sp³-hybridized carbons (Fsp3) is 0.310. The minimum atomic E-state index is -0.693. The van der Waals surface area contributed by atoms with Crippen LogP contribution in [0.25, 0.3) is 0 Å². The molecule has 0 fully saturated rings. The molecule has 4 bridgehead atoms. The standard InChI is InChI=1S/C29H30N8O5S/c1-17(2)24-28-35-22(16-43-28)26(40)33-19(12-18-6-4-3-5-7-18)27-34-21(15-42-27)25(39)32-10-11-37(14-23(38)36-24)29(41)20-13-30-8-9-31-20/h3-9,13,15-17,19,24H,10-12,14H2,1-2H3,(H,32,39)(H,33,40)(H,36,38)/t19-,24-/m0/s1. The van der Waals surface area contributed by atoms with Crippen LogP contribution in [-0.4, -0.2) is 68.1 Å². The van der Waals surface area contributed by atoms with E-state index in [0.29, 0.717) is 11.4 Å². The molecule has 1 aromatic carbocycles. The summed E-state index contributed by atoms with van der Waals surface area (Å²) in [4.78, 5) is 70.9. The SMILES string of the molecule is CC(C)[C@@H]1NC(=O)CN(C(=O)c2cnccn2)CCNC(=O)c2coc(n2)[C@H](Cc2ccccc2)NC(=O)c2csc1n2. The molecule has 2 atom stereocenters. The molecule has 3 aromatic heterocycles. The summed E-state index contributed by atoms with van der Waals surface area (Å²) in [5.74, 6) is -1.87. The van der Waals surface area contributed by atoms with Crippen LogP contribution in [0.1, 0.15) is 73.9 Å². The quantitative estimate of drug-likeness (QED) is 0.317. The second kappa shape index (κ2) is 13.3. The van der Waals surface area contributed by atoms with Crippen molar-refractivity contribution in [2.75, 3.05) is 19.6 Å². The fourth-order valence-electron chi connectivity index (χ4n) is 4.49. The first kappa shape index (κ1) is 29.5. The number of oxazole rings is 1. The Labute approximate surface area is 251 Å². The number of nitrogens with one attached hydrogen (secondary N) is 3. The normalized spacial score (nSPS) is 18.3. The molecule has 5 rings (SSSR count). The van der Waals surface area contributed by atoms with Crippen molar-refractivity contribution >= 4 is 35.0 Å². The van der Waals surface area contributed by atoms with Gasteiger partial charge in [-0.05, 0) is 11.5 Å². The van der Waals surface area contributed by atoms with Gasteiger partial charge in [0.05, 0.1) is 18.8 Å². The number of nitrogens with zero attached hydrogens (tertiary/aromatic N) is 5. The predicted octanol–water partition coefficient (Wildman–Crippen LogP) is 2.33. The van der Waals surface area contributed by atoms with E-state index < -0.39 is 35.7 Å². The molecule has 0 radical (unpaired) electrons. The summed E-state index contributed by atoms with van der Waals surface area (Å²) in [6.45, 7) is 3.58. The average Bonchev–Trinajstić information content (AvgIpc) is 3.70. The number of hydrogen-bond acceptors (Lipinski definition) is 10. The zero-order chi connectivity index (χ0) is 30.3. The molecule has 0 spiro atoms. The van der Waals surface area contributed by atoms with Gasteiger partial charge < -0.3 is 25.3 Å². The summed E-state index contributed by atoms with van der Waals surface area (Å²) in [6, 6.07) is 8.29. The van der Waals surface area contributed by atoms with Gasteiger partial charge in [0.2, 0.25) is 11.8 Å². The first-order valence-electron chi connectivity index (χ1n) is 13.7. The summed E-state index contributed by atoms with van der Waals surface area (Å²) in [5, 5.41) is 10.8. The van der Waals surface area contributed by atoms with E-state index in [-0.39, 0.29) is 48.5 Å². The maximum absolute atomic E-state index is 13.3. The van der Waals surface area contributed by atoms with Crippen molar-refractivity contribution in [2.24, 2.45) is 5.92 Å². The summed E-state index contributed by atoms with van der Waals surface area (Å²) < 4.78 is 5.66. The summed E-state index contributed by atoms with van der Waals surface area (Å²) in [5.41, 5.74) is 1.16. The van der Waals surface area contributed by atoms with Crippen molar-refractivity contribution in [1.29, 1.82) is 0 Å². The fourth-order valence-corrected chi connectivity index (χ4v) is 5.51. The number of amides is 4. The van der Waals surface area contributed by atoms with E-state index >= 15 is 0 Å². The lowest BCUT2D eigenvalue weighted by Gasteiger charge is -2.25. The van der Waals surface area contributed by atoms with Gasteiger partial charge in [0.15, 0.2) is 5.69 Å². The monoisotopic (exact) mass is 602 g/mol. The number of carbonyl (C=O) groups excluding carboxylic acids is 4. The Kier molecular flexibility index (Phi) is 9.15. The Morgan fingerprint density at radius 2 is 1.88 bits per heavy atom. The largest absolute Gasteiger partial charge is 0.446 e. The third kappa shape index (κ3) is 7.27. The lowest BCUT2D eigenvalue weighted by Crippen LogP contribution is -2.45. The first-order valence-corrected chi connectivity index (χ1v) is 14.5. The van der Waals surface area contributed by atoms with E-state index in [2.05, 4.69) is 35.9 Å². The molecule has 4 amide bonds. The van der Waals surface area contributed by atoms with Crippen molar-refractivity contribution in [3.63, 3.8) is 0 Å². The van der Waals surface area contributed by atoms with Crippen LogP contribution in [0.2, 0.25) is 0 Å². The first-order chi connectivity index (χ1) is 20.8. The van der Waals surface area contributed by atoms with Gasteiger partial charge in [-0.15, -0.1) is 11.3 Å². The Hall–Kier alpha value is -4.98. The van der Waals surface area contributed by atoms with E-state index in [4.69, 9.17) is 4.42 Å². The number of carbonyl (C=O) groups is 4. The van der Waals surface area contributed by atoms with Gasteiger partial charge in [0.1, 0.15) is 28.7 Å². The van der Waals surface area contributed by atoms with Crippen LogP contribution in [0, 0.1) is 5.92 Å². The van der Waals surface area contributed by atoms with Gasteiger partial charge in [-0.1, -0.05) is 44.2 Å². The Morgan fingerprint density at radius 3 is 2.63 bits per heavy atom. The molecule has 3 N–H and O–H groups in total. The van der Waals surface area contributed by atoms with Crippen LogP contribution in [0.5, 0.6) is 0 Å². The number of aromatic nitrogens is 4. The molecule has 0 aliphatic carbocycles. The Morgan fingerprint density at radius 1 is 1.07 bits per heavy atom. The van der Waals surface area contributed by atoms with Crippen LogP contribution in [0.4, 0.5) is 0 Å². The molecule has 222 valence electrons. The molecule has 4 aromatic rings. The van der Waals surface area contributed by atoms with Gasteiger partial charge in [0, 0.05) is 37.3 Å². The van der Waals surface area contributed by atoms with Crippen molar-refractivity contribution in [3.8, 4) is 0 Å². The van der Waals surface area contributed by atoms with Crippen LogP contribution in [0.15, 0.2) is 65.0 Å². The lowest BCUT2D eigenvalue weighted by atomic mass is 10.0. The highest BCUT2D eigenvalue weighted by atomic mass is 32.1. The van der Waals surface area contributed by atoms with Gasteiger partial charge in [-0.2, -0.15) is 0 Å². The Bertz CT molecular complexity index is 1590. The predicted molar refractivity (Wildman–Crippen MR) is 155 cm³/mol. The summed E-state index contributed by atoms with van der Waals surface area (Å²) in [7, 11) is 0. The molecule has 1 aliphatic rings. The van der Waals surface area contributed by atoms with Gasteiger partial charge >= 0.3 is 0 Å². The van der Waals surface area contributed by atoms with E-state index in [1.165, 1.54) is 41.1 Å². The number of fused-ring (bicyclic) bond motifs is 4. The number of rotatable bonds is 4. The van der Waals surface area contributed by atoms with Crippen LogP contribution >= 0.6 is 11.3 Å². The Balaban J connectivity index is 1.47. The number of benzene rings is 1. The second-order valence-corrected chi connectivity index (χ2v) is 11.1. The minimum absolute atomic E-state index is 0.00342.